The van der Waals surface area contributed by atoms with Crippen molar-refractivity contribution in [3.8, 4) is 11.8 Å². The molecule has 0 bridgehead atoms. The summed E-state index contributed by atoms with van der Waals surface area (Å²) in [6, 6.07) is 12.1. The molecule has 8 nitrogen and oxygen atoms in total. The van der Waals surface area contributed by atoms with Crippen LogP contribution in [-0.2, 0) is 23.9 Å². The molecule has 1 unspecified atom stereocenters. The SMILES string of the molecule is CCC(O)CCc1cn(-c2ccc(CN3C(=S)N(c4ccc(C#N)c(C(F)(F)F)c4)C(=O)C3(C)C)cc2)nn1. The molecule has 1 aliphatic heterocycles. The average molecular weight is 557 g/mol. The Bertz CT molecular complexity index is 1430. The molecule has 2 heterocycles. The van der Waals surface area contributed by atoms with Crippen LogP contribution in [0.2, 0.25) is 0 Å². The standard InChI is InChI=1S/C27H27F3N6O2S/c1-4-22(37)12-8-19-16-35(33-32-19)20-9-5-17(6-10-20)15-34-25(39)36(24(38)26(34,2)3)21-11-7-18(14-31)23(13-21)27(28,29)30/h5-7,9-11,13,16,22,37H,4,8,12,15H2,1-3H3. The van der Waals surface area contributed by atoms with Crippen LogP contribution in [0.5, 0.6) is 0 Å². The monoisotopic (exact) mass is 556 g/mol. The minimum atomic E-state index is -4.76. The van der Waals surface area contributed by atoms with Gasteiger partial charge in [0.15, 0.2) is 5.11 Å². The van der Waals surface area contributed by atoms with Gasteiger partial charge in [0.05, 0.1) is 46.6 Å². The molecule has 3 aromatic rings. The molecule has 1 N–H and O–H groups in total. The number of benzene rings is 2. The lowest BCUT2D eigenvalue weighted by Gasteiger charge is -2.29. The fraction of sp³-hybridized carbons (Fsp3) is 0.370. The van der Waals surface area contributed by atoms with Crippen LogP contribution in [0.15, 0.2) is 48.7 Å². The quantitative estimate of drug-likeness (QED) is 0.399. The van der Waals surface area contributed by atoms with E-state index in [0.717, 1.165) is 34.0 Å². The maximum absolute atomic E-state index is 13.5. The Hall–Kier alpha value is -3.82. The minimum absolute atomic E-state index is 0.0457. The van der Waals surface area contributed by atoms with Crippen molar-refractivity contribution in [1.82, 2.24) is 19.9 Å². The summed E-state index contributed by atoms with van der Waals surface area (Å²) < 4.78 is 42.2. The van der Waals surface area contributed by atoms with Crippen LogP contribution in [0.1, 0.15) is 56.0 Å². The lowest BCUT2D eigenvalue weighted by atomic mass is 10.0. The van der Waals surface area contributed by atoms with E-state index >= 15 is 0 Å². The van der Waals surface area contributed by atoms with Gasteiger partial charge in [-0.2, -0.15) is 18.4 Å². The third-order valence-corrected chi connectivity index (χ3v) is 7.20. The number of carbonyl (C=O) groups is 1. The largest absolute Gasteiger partial charge is 0.417 e. The number of nitriles is 1. The minimum Gasteiger partial charge on any atom is -0.393 e. The van der Waals surface area contributed by atoms with E-state index in [1.165, 1.54) is 6.07 Å². The van der Waals surface area contributed by atoms with Gasteiger partial charge in [-0.05, 0) is 81.2 Å². The van der Waals surface area contributed by atoms with E-state index in [1.807, 2.05) is 31.2 Å². The van der Waals surface area contributed by atoms with E-state index in [0.29, 0.717) is 19.3 Å². The number of aryl methyl sites for hydroxylation is 1. The summed E-state index contributed by atoms with van der Waals surface area (Å²) in [7, 11) is 0. The van der Waals surface area contributed by atoms with Crippen LogP contribution in [0.25, 0.3) is 5.69 Å². The highest BCUT2D eigenvalue weighted by Crippen LogP contribution is 2.38. The topological polar surface area (TPSA) is 98.3 Å². The number of carbonyl (C=O) groups excluding carboxylic acids is 1. The molecule has 0 radical (unpaired) electrons. The Balaban J connectivity index is 1.53. The molecular formula is C27H27F3N6O2S. The van der Waals surface area contributed by atoms with Crippen molar-refractivity contribution in [2.45, 2.75) is 64.4 Å². The second kappa shape index (κ2) is 10.7. The number of aliphatic hydroxyl groups is 1. The smallest absolute Gasteiger partial charge is 0.393 e. The summed E-state index contributed by atoms with van der Waals surface area (Å²) in [4.78, 5) is 16.1. The van der Waals surface area contributed by atoms with E-state index in [9.17, 15) is 23.1 Å². The highest BCUT2D eigenvalue weighted by molar-refractivity contribution is 7.80. The molecule has 0 spiro atoms. The third kappa shape index (κ3) is 5.65. The fourth-order valence-corrected chi connectivity index (χ4v) is 4.81. The van der Waals surface area contributed by atoms with E-state index in [1.54, 1.807) is 35.7 Å². The Morgan fingerprint density at radius 1 is 1.15 bits per heavy atom. The Morgan fingerprint density at radius 2 is 1.82 bits per heavy atom. The van der Waals surface area contributed by atoms with Crippen molar-refractivity contribution >= 4 is 28.9 Å². The molecule has 1 saturated heterocycles. The Labute approximate surface area is 229 Å². The second-order valence-corrected chi connectivity index (χ2v) is 10.2. The van der Waals surface area contributed by atoms with Gasteiger partial charge in [0.25, 0.3) is 5.91 Å². The zero-order valence-electron chi connectivity index (χ0n) is 21.6. The predicted octanol–water partition coefficient (Wildman–Crippen LogP) is 4.77. The number of nitrogens with zero attached hydrogens (tertiary/aromatic N) is 6. The van der Waals surface area contributed by atoms with Crippen LogP contribution in [0.4, 0.5) is 18.9 Å². The number of thiocarbonyl (C=S) groups is 1. The van der Waals surface area contributed by atoms with Crippen LogP contribution < -0.4 is 4.90 Å². The summed E-state index contributed by atoms with van der Waals surface area (Å²) >= 11 is 5.57. The van der Waals surface area contributed by atoms with Crippen LogP contribution in [-0.4, -0.2) is 47.7 Å². The van der Waals surface area contributed by atoms with Gasteiger partial charge in [-0.25, -0.2) is 4.68 Å². The van der Waals surface area contributed by atoms with Crippen molar-refractivity contribution < 1.29 is 23.1 Å². The number of aliphatic hydroxyl groups excluding tert-OH is 1. The zero-order valence-corrected chi connectivity index (χ0v) is 22.4. The normalized spacial score (nSPS) is 16.1. The van der Waals surface area contributed by atoms with Gasteiger partial charge in [0, 0.05) is 6.54 Å². The number of halogens is 3. The van der Waals surface area contributed by atoms with Crippen molar-refractivity contribution in [1.29, 1.82) is 5.26 Å². The van der Waals surface area contributed by atoms with Gasteiger partial charge in [0.1, 0.15) is 5.54 Å². The van der Waals surface area contributed by atoms with E-state index in [-0.39, 0.29) is 23.4 Å². The predicted molar refractivity (Wildman–Crippen MR) is 142 cm³/mol. The molecule has 2 aromatic carbocycles. The highest BCUT2D eigenvalue weighted by Gasteiger charge is 2.49. The molecule has 1 fully saturated rings. The van der Waals surface area contributed by atoms with Gasteiger partial charge < -0.3 is 10.0 Å². The molecule has 1 aromatic heterocycles. The third-order valence-electron chi connectivity index (χ3n) is 6.80. The van der Waals surface area contributed by atoms with Crippen molar-refractivity contribution in [2.24, 2.45) is 0 Å². The number of alkyl halides is 3. The number of anilines is 1. The van der Waals surface area contributed by atoms with E-state index in [2.05, 4.69) is 10.3 Å². The van der Waals surface area contributed by atoms with Gasteiger partial charge in [-0.3, -0.25) is 9.69 Å². The van der Waals surface area contributed by atoms with Crippen molar-refractivity contribution in [2.75, 3.05) is 4.90 Å². The van der Waals surface area contributed by atoms with E-state index in [4.69, 9.17) is 17.5 Å². The summed E-state index contributed by atoms with van der Waals surface area (Å²) in [6.45, 7) is 5.49. The molecule has 12 heteroatoms. The molecule has 39 heavy (non-hydrogen) atoms. The summed E-state index contributed by atoms with van der Waals surface area (Å²) in [6.07, 6.45) is -1.43. The van der Waals surface area contributed by atoms with Crippen LogP contribution in [0.3, 0.4) is 0 Å². The van der Waals surface area contributed by atoms with Gasteiger partial charge >= 0.3 is 6.18 Å². The number of hydrogen-bond acceptors (Lipinski definition) is 6. The zero-order chi connectivity index (χ0) is 28.5. The molecule has 1 aliphatic rings. The van der Waals surface area contributed by atoms with E-state index < -0.39 is 28.7 Å². The van der Waals surface area contributed by atoms with Gasteiger partial charge in [0.2, 0.25) is 0 Å². The van der Waals surface area contributed by atoms with Crippen LogP contribution >= 0.6 is 12.2 Å². The first-order chi connectivity index (χ1) is 18.4. The molecule has 1 atom stereocenters. The maximum Gasteiger partial charge on any atom is 0.417 e. The first-order valence-corrected chi connectivity index (χ1v) is 12.7. The molecule has 204 valence electrons. The molecular weight excluding hydrogens is 529 g/mol. The summed E-state index contributed by atoms with van der Waals surface area (Å²) in [5.41, 5.74) is -0.452. The summed E-state index contributed by atoms with van der Waals surface area (Å²) in [5, 5.41) is 27.2. The second-order valence-electron chi connectivity index (χ2n) is 9.83. The molecule has 1 amide bonds. The number of rotatable bonds is 8. The van der Waals surface area contributed by atoms with Gasteiger partial charge in [-0.1, -0.05) is 24.3 Å². The summed E-state index contributed by atoms with van der Waals surface area (Å²) in [5.74, 6) is -0.467. The maximum atomic E-state index is 13.5. The van der Waals surface area contributed by atoms with Crippen molar-refractivity contribution in [3.05, 3.63) is 71.0 Å². The molecule has 0 saturated carbocycles. The number of amides is 1. The Morgan fingerprint density at radius 3 is 2.44 bits per heavy atom. The highest BCUT2D eigenvalue weighted by atomic mass is 32.1. The lowest BCUT2D eigenvalue weighted by Crippen LogP contribution is -2.43. The first-order valence-electron chi connectivity index (χ1n) is 12.3. The van der Waals surface area contributed by atoms with Crippen LogP contribution in [0, 0.1) is 11.3 Å². The number of aromatic nitrogens is 3. The molecule has 0 aliphatic carbocycles. The number of hydrogen-bond donors (Lipinski definition) is 1. The average Bonchev–Trinajstić information content (AvgIpc) is 3.44. The Kier molecular flexibility index (Phi) is 7.77. The van der Waals surface area contributed by atoms with Crippen molar-refractivity contribution in [3.63, 3.8) is 0 Å². The molecule has 4 rings (SSSR count). The van der Waals surface area contributed by atoms with Gasteiger partial charge in [-0.15, -0.1) is 5.10 Å². The first kappa shape index (κ1) is 28.2. The lowest BCUT2D eigenvalue weighted by molar-refractivity contribution is -0.137. The fourth-order valence-electron chi connectivity index (χ4n) is 4.33.